The van der Waals surface area contributed by atoms with E-state index in [0.717, 1.165) is 11.1 Å². The van der Waals surface area contributed by atoms with Crippen molar-refractivity contribution in [2.75, 3.05) is 5.32 Å². The molecule has 3 N–H and O–H groups in total. The van der Waals surface area contributed by atoms with Crippen LogP contribution in [0.15, 0.2) is 84.9 Å². The number of anilines is 1. The number of rotatable bonds is 7. The number of benzene rings is 3. The minimum Gasteiger partial charge on any atom is -0.489 e. The van der Waals surface area contributed by atoms with Gasteiger partial charge in [-0.15, -0.1) is 0 Å². The Kier molecular flexibility index (Phi) is 6.21. The van der Waals surface area contributed by atoms with Crippen LogP contribution in [0.3, 0.4) is 0 Å². The van der Waals surface area contributed by atoms with E-state index in [2.05, 4.69) is 5.32 Å². The number of amides is 2. The number of hydrogen-bond acceptors (Lipinski definition) is 3. The number of para-hydroxylation sites is 1. The third kappa shape index (κ3) is 5.32. The Balaban J connectivity index is 1.62. The summed E-state index contributed by atoms with van der Waals surface area (Å²) >= 11 is 0. The molecule has 0 bridgehead atoms. The fraction of sp³-hybridized carbons (Fsp3) is 0.0435. The molecular weight excluding hydrogens is 352 g/mol. The maximum atomic E-state index is 12.2. The third-order valence-electron chi connectivity index (χ3n) is 3.98. The van der Waals surface area contributed by atoms with Gasteiger partial charge < -0.3 is 15.8 Å². The molecule has 5 heteroatoms. The molecule has 0 aliphatic rings. The van der Waals surface area contributed by atoms with E-state index in [4.69, 9.17) is 10.5 Å². The van der Waals surface area contributed by atoms with Crippen LogP contribution in [0.5, 0.6) is 5.75 Å². The Bertz CT molecular complexity index is 997. The summed E-state index contributed by atoms with van der Waals surface area (Å²) in [6, 6.07) is 23.9. The summed E-state index contributed by atoms with van der Waals surface area (Å²) in [5, 5.41) is 2.67. The van der Waals surface area contributed by atoms with Gasteiger partial charge in [0, 0.05) is 6.08 Å². The number of ether oxygens (including phenoxy) is 1. The first kappa shape index (κ1) is 18.9. The molecule has 0 saturated heterocycles. The largest absolute Gasteiger partial charge is 0.489 e. The minimum atomic E-state index is -0.594. The molecule has 5 nitrogen and oxygen atoms in total. The lowest BCUT2D eigenvalue weighted by atomic mass is 10.1. The second-order valence-corrected chi connectivity index (χ2v) is 6.08. The zero-order valence-electron chi connectivity index (χ0n) is 15.2. The summed E-state index contributed by atoms with van der Waals surface area (Å²) in [5.41, 5.74) is 7.87. The summed E-state index contributed by atoms with van der Waals surface area (Å²) in [4.78, 5) is 23.6. The first-order chi connectivity index (χ1) is 13.6. The van der Waals surface area contributed by atoms with E-state index in [-0.39, 0.29) is 11.5 Å². The third-order valence-corrected chi connectivity index (χ3v) is 3.98. The van der Waals surface area contributed by atoms with Crippen molar-refractivity contribution in [3.05, 3.63) is 102 Å². The number of primary amides is 1. The Labute approximate surface area is 163 Å². The van der Waals surface area contributed by atoms with Gasteiger partial charge in [0.2, 0.25) is 5.91 Å². The number of hydrogen-bond donors (Lipinski definition) is 2. The lowest BCUT2D eigenvalue weighted by Gasteiger charge is -2.07. The van der Waals surface area contributed by atoms with E-state index < -0.39 is 5.91 Å². The standard InChI is InChI=1S/C23H20N2O3/c24-23(27)20-11-4-5-12-21(20)25-22(26)14-13-17-9-6-10-19(15-17)28-16-18-7-2-1-3-8-18/h1-15H,16H2,(H2,24,27)(H,25,26). The van der Waals surface area contributed by atoms with Crippen LogP contribution in [-0.4, -0.2) is 11.8 Å². The van der Waals surface area contributed by atoms with Crippen LogP contribution in [0.1, 0.15) is 21.5 Å². The van der Waals surface area contributed by atoms with Crippen molar-refractivity contribution in [1.29, 1.82) is 0 Å². The molecule has 0 radical (unpaired) electrons. The molecule has 3 rings (SSSR count). The fourth-order valence-electron chi connectivity index (χ4n) is 2.60. The molecule has 3 aromatic rings. The van der Waals surface area contributed by atoms with Crippen LogP contribution in [0, 0.1) is 0 Å². The van der Waals surface area contributed by atoms with Gasteiger partial charge in [-0.1, -0.05) is 54.6 Å². The smallest absolute Gasteiger partial charge is 0.250 e. The van der Waals surface area contributed by atoms with Gasteiger partial charge in [0.1, 0.15) is 12.4 Å². The Morgan fingerprint density at radius 3 is 2.46 bits per heavy atom. The van der Waals surface area contributed by atoms with E-state index in [1.165, 1.54) is 6.08 Å². The van der Waals surface area contributed by atoms with Gasteiger partial charge in [0.05, 0.1) is 11.3 Å². The second-order valence-electron chi connectivity index (χ2n) is 6.08. The number of nitrogens with two attached hydrogens (primary N) is 1. The molecule has 0 aliphatic carbocycles. The topological polar surface area (TPSA) is 81.4 Å². The highest BCUT2D eigenvalue weighted by Crippen LogP contribution is 2.17. The number of carbonyl (C=O) groups is 2. The van der Waals surface area contributed by atoms with E-state index in [9.17, 15) is 9.59 Å². The highest BCUT2D eigenvalue weighted by atomic mass is 16.5. The molecule has 140 valence electrons. The zero-order chi connectivity index (χ0) is 19.8. The molecule has 0 saturated carbocycles. The summed E-state index contributed by atoms with van der Waals surface area (Å²) < 4.78 is 5.79. The van der Waals surface area contributed by atoms with Gasteiger partial charge in [-0.05, 0) is 41.5 Å². The molecule has 0 heterocycles. The molecule has 0 fully saturated rings. The monoisotopic (exact) mass is 372 g/mol. The first-order valence-electron chi connectivity index (χ1n) is 8.76. The number of carbonyl (C=O) groups excluding carboxylic acids is 2. The lowest BCUT2D eigenvalue weighted by molar-refractivity contribution is -0.111. The lowest BCUT2D eigenvalue weighted by Crippen LogP contribution is -2.16. The SMILES string of the molecule is NC(=O)c1ccccc1NC(=O)C=Cc1cccc(OCc2ccccc2)c1. The summed E-state index contributed by atoms with van der Waals surface area (Å²) in [5.74, 6) is -0.238. The van der Waals surface area contributed by atoms with Crippen molar-refractivity contribution in [3.63, 3.8) is 0 Å². The summed E-state index contributed by atoms with van der Waals surface area (Å²) in [6.45, 7) is 0.471. The molecule has 0 unspecified atom stereocenters. The van der Waals surface area contributed by atoms with Gasteiger partial charge in [-0.25, -0.2) is 0 Å². The molecule has 0 aromatic heterocycles. The van der Waals surface area contributed by atoms with Crippen molar-refractivity contribution in [2.45, 2.75) is 6.61 Å². The molecule has 2 amide bonds. The Hall–Kier alpha value is -3.86. The predicted molar refractivity (Wildman–Crippen MR) is 110 cm³/mol. The van der Waals surface area contributed by atoms with E-state index in [1.807, 2.05) is 54.6 Å². The van der Waals surface area contributed by atoms with Gasteiger partial charge >= 0.3 is 0 Å². The van der Waals surface area contributed by atoms with E-state index in [1.54, 1.807) is 30.3 Å². The van der Waals surface area contributed by atoms with Crippen molar-refractivity contribution >= 4 is 23.6 Å². The summed E-state index contributed by atoms with van der Waals surface area (Å²) in [6.07, 6.45) is 3.08. The molecule has 3 aromatic carbocycles. The average Bonchev–Trinajstić information content (AvgIpc) is 2.72. The van der Waals surface area contributed by atoms with Crippen LogP contribution in [0.2, 0.25) is 0 Å². The molecular formula is C23H20N2O3. The van der Waals surface area contributed by atoms with Crippen molar-refractivity contribution in [3.8, 4) is 5.75 Å². The summed E-state index contributed by atoms with van der Waals surface area (Å²) in [7, 11) is 0. The normalized spacial score (nSPS) is 10.6. The van der Waals surface area contributed by atoms with Gasteiger partial charge in [-0.3, -0.25) is 9.59 Å². The second kappa shape index (κ2) is 9.19. The first-order valence-corrected chi connectivity index (χ1v) is 8.76. The van der Waals surface area contributed by atoms with Gasteiger partial charge in [0.15, 0.2) is 0 Å². The van der Waals surface area contributed by atoms with E-state index in [0.29, 0.717) is 18.0 Å². The van der Waals surface area contributed by atoms with E-state index >= 15 is 0 Å². The quantitative estimate of drug-likeness (QED) is 0.615. The van der Waals surface area contributed by atoms with Crippen LogP contribution in [-0.2, 0) is 11.4 Å². The van der Waals surface area contributed by atoms with Crippen molar-refractivity contribution in [2.24, 2.45) is 5.73 Å². The molecule has 28 heavy (non-hydrogen) atoms. The Morgan fingerprint density at radius 2 is 1.68 bits per heavy atom. The fourth-order valence-corrected chi connectivity index (χ4v) is 2.60. The van der Waals surface area contributed by atoms with Gasteiger partial charge in [-0.2, -0.15) is 0 Å². The van der Waals surface area contributed by atoms with Crippen molar-refractivity contribution in [1.82, 2.24) is 0 Å². The van der Waals surface area contributed by atoms with Crippen LogP contribution < -0.4 is 15.8 Å². The average molecular weight is 372 g/mol. The van der Waals surface area contributed by atoms with Crippen LogP contribution >= 0.6 is 0 Å². The van der Waals surface area contributed by atoms with Gasteiger partial charge in [0.25, 0.3) is 5.91 Å². The highest BCUT2D eigenvalue weighted by molar-refractivity contribution is 6.07. The molecule has 0 spiro atoms. The molecule has 0 aliphatic heterocycles. The van der Waals surface area contributed by atoms with Crippen molar-refractivity contribution < 1.29 is 14.3 Å². The maximum Gasteiger partial charge on any atom is 0.250 e. The minimum absolute atomic E-state index is 0.264. The predicted octanol–water partition coefficient (Wildman–Crippen LogP) is 4.02. The highest BCUT2D eigenvalue weighted by Gasteiger charge is 2.08. The zero-order valence-corrected chi connectivity index (χ0v) is 15.2. The Morgan fingerprint density at radius 1 is 0.929 bits per heavy atom. The van der Waals surface area contributed by atoms with Crippen LogP contribution in [0.25, 0.3) is 6.08 Å². The molecule has 0 atom stereocenters. The number of nitrogens with one attached hydrogen (secondary N) is 1. The van der Waals surface area contributed by atoms with Crippen LogP contribution in [0.4, 0.5) is 5.69 Å². The maximum absolute atomic E-state index is 12.2.